The Labute approximate surface area is 218 Å². The predicted octanol–water partition coefficient (Wildman–Crippen LogP) is 5.83. The van der Waals surface area contributed by atoms with Crippen LogP contribution in [0, 0.1) is 19.8 Å². The minimum absolute atomic E-state index is 0.144. The Morgan fingerprint density at radius 1 is 1.06 bits per heavy atom. The first-order valence-electron chi connectivity index (χ1n) is 13.4. The van der Waals surface area contributed by atoms with Crippen molar-refractivity contribution >= 4 is 17.9 Å². The molecule has 0 fully saturated rings. The van der Waals surface area contributed by atoms with Gasteiger partial charge in [-0.15, -0.1) is 0 Å². The first kappa shape index (κ1) is 31.5. The van der Waals surface area contributed by atoms with Crippen LogP contribution in [-0.2, 0) is 14.3 Å². The molecule has 0 heterocycles. The molecule has 1 aromatic rings. The lowest BCUT2D eigenvalue weighted by Gasteiger charge is -2.39. The zero-order valence-electron chi connectivity index (χ0n) is 24.2. The first-order valence-corrected chi connectivity index (χ1v) is 13.4. The van der Waals surface area contributed by atoms with Crippen molar-refractivity contribution in [3.05, 3.63) is 34.9 Å². The van der Waals surface area contributed by atoms with Gasteiger partial charge in [0.25, 0.3) is 0 Å². The molecular formula is C29H49N3O4. The molecule has 1 rings (SSSR count). The first-order chi connectivity index (χ1) is 16.7. The highest BCUT2D eigenvalue weighted by Gasteiger charge is 2.39. The molecule has 0 aromatic heterocycles. The number of rotatable bonds is 12. The van der Waals surface area contributed by atoms with Gasteiger partial charge in [0.2, 0.25) is 11.8 Å². The highest BCUT2D eigenvalue weighted by atomic mass is 16.6. The lowest BCUT2D eigenvalue weighted by molar-refractivity contribution is -0.145. The number of aryl methyl sites for hydroxylation is 2. The van der Waals surface area contributed by atoms with E-state index >= 15 is 0 Å². The summed E-state index contributed by atoms with van der Waals surface area (Å²) in [5.41, 5.74) is 2.08. The quantitative estimate of drug-likeness (QED) is 0.352. The zero-order valence-corrected chi connectivity index (χ0v) is 24.2. The van der Waals surface area contributed by atoms with Crippen molar-refractivity contribution in [2.24, 2.45) is 5.92 Å². The predicted molar refractivity (Wildman–Crippen MR) is 146 cm³/mol. The summed E-state index contributed by atoms with van der Waals surface area (Å²) in [5.74, 6) is -0.336. The van der Waals surface area contributed by atoms with Gasteiger partial charge in [-0.2, -0.15) is 0 Å². The van der Waals surface area contributed by atoms with Crippen LogP contribution < -0.4 is 10.6 Å². The van der Waals surface area contributed by atoms with Crippen molar-refractivity contribution in [1.29, 1.82) is 0 Å². The van der Waals surface area contributed by atoms with Crippen LogP contribution in [0.3, 0.4) is 0 Å². The van der Waals surface area contributed by atoms with Crippen LogP contribution in [0.2, 0.25) is 0 Å². The highest BCUT2D eigenvalue weighted by Crippen LogP contribution is 2.30. The van der Waals surface area contributed by atoms with Gasteiger partial charge in [-0.25, -0.2) is 4.79 Å². The number of nitrogens with one attached hydrogen (secondary N) is 2. The van der Waals surface area contributed by atoms with Crippen molar-refractivity contribution in [3.63, 3.8) is 0 Å². The van der Waals surface area contributed by atoms with E-state index in [2.05, 4.69) is 17.6 Å². The van der Waals surface area contributed by atoms with E-state index in [1.165, 1.54) is 0 Å². The van der Waals surface area contributed by atoms with Gasteiger partial charge in [0.05, 0.1) is 0 Å². The summed E-state index contributed by atoms with van der Waals surface area (Å²) >= 11 is 0. The summed E-state index contributed by atoms with van der Waals surface area (Å²) in [6.45, 7) is 19.9. The fourth-order valence-corrected chi connectivity index (χ4v) is 4.08. The molecule has 3 amide bonds. The van der Waals surface area contributed by atoms with Crippen molar-refractivity contribution in [2.45, 2.75) is 119 Å². The van der Waals surface area contributed by atoms with E-state index < -0.39 is 23.8 Å². The number of ether oxygens (including phenoxy) is 1. The SMILES string of the molecule is CCCCNC(=O)C(c1cc(C)ccc1C)N(C(=O)C(CC(C)C)NC(=O)OC(C)(C)C)C(C)CC. The smallest absolute Gasteiger partial charge is 0.408 e. The number of alkyl carbamates (subject to hydrolysis) is 1. The fraction of sp³-hybridized carbons (Fsp3) is 0.690. The van der Waals surface area contributed by atoms with Gasteiger partial charge in [0.15, 0.2) is 0 Å². The highest BCUT2D eigenvalue weighted by molar-refractivity contribution is 5.92. The molecule has 0 aliphatic carbocycles. The van der Waals surface area contributed by atoms with Gasteiger partial charge < -0.3 is 20.3 Å². The molecule has 7 nitrogen and oxygen atoms in total. The molecule has 36 heavy (non-hydrogen) atoms. The lowest BCUT2D eigenvalue weighted by Crippen LogP contribution is -2.56. The molecule has 3 atom stereocenters. The summed E-state index contributed by atoms with van der Waals surface area (Å²) in [4.78, 5) is 42.2. The normalized spacial score (nSPS) is 14.1. The molecule has 0 spiro atoms. The molecule has 0 bridgehead atoms. The van der Waals surface area contributed by atoms with E-state index in [9.17, 15) is 14.4 Å². The van der Waals surface area contributed by atoms with Crippen LogP contribution in [0.1, 0.15) is 104 Å². The summed E-state index contributed by atoms with van der Waals surface area (Å²) < 4.78 is 5.46. The third kappa shape index (κ3) is 9.82. The molecule has 0 aliphatic rings. The summed E-state index contributed by atoms with van der Waals surface area (Å²) in [5, 5.41) is 5.85. The number of carbonyl (C=O) groups excluding carboxylic acids is 3. The van der Waals surface area contributed by atoms with Crippen LogP contribution in [0.5, 0.6) is 0 Å². The van der Waals surface area contributed by atoms with Crippen LogP contribution >= 0.6 is 0 Å². The standard InChI is InChI=1S/C29H49N3O4/c1-11-13-16-30-26(33)25(23-18-20(5)14-15-21(23)6)32(22(7)12-2)27(34)24(17-19(3)4)31-28(35)36-29(8,9)10/h14-15,18-19,22,24-25H,11-13,16-17H2,1-10H3,(H,30,33)(H,31,35). The molecule has 0 saturated heterocycles. The van der Waals surface area contributed by atoms with Crippen molar-refractivity contribution < 1.29 is 19.1 Å². The number of amides is 3. The minimum Gasteiger partial charge on any atom is -0.444 e. The average molecular weight is 504 g/mol. The van der Waals surface area contributed by atoms with Gasteiger partial charge in [-0.05, 0) is 77.8 Å². The summed E-state index contributed by atoms with van der Waals surface area (Å²) in [6.07, 6.45) is 2.27. The van der Waals surface area contributed by atoms with Gasteiger partial charge in [-0.1, -0.05) is 57.9 Å². The molecule has 0 aliphatic heterocycles. The lowest BCUT2D eigenvalue weighted by atomic mass is 9.93. The van der Waals surface area contributed by atoms with Crippen LogP contribution in [0.4, 0.5) is 4.79 Å². The second kappa shape index (κ2) is 14.2. The third-order valence-corrected chi connectivity index (χ3v) is 6.10. The molecule has 7 heteroatoms. The van der Waals surface area contributed by atoms with E-state index in [0.29, 0.717) is 19.4 Å². The Morgan fingerprint density at radius 2 is 1.69 bits per heavy atom. The van der Waals surface area contributed by atoms with Gasteiger partial charge >= 0.3 is 6.09 Å². The van der Waals surface area contributed by atoms with Crippen molar-refractivity contribution in [1.82, 2.24) is 15.5 Å². The Balaban J connectivity index is 3.57. The molecule has 0 radical (unpaired) electrons. The van der Waals surface area contributed by atoms with E-state index in [1.54, 1.807) is 25.7 Å². The number of hydrogen-bond acceptors (Lipinski definition) is 4. The zero-order chi connectivity index (χ0) is 27.6. The van der Waals surface area contributed by atoms with Gasteiger partial charge in [0, 0.05) is 12.6 Å². The maximum Gasteiger partial charge on any atom is 0.408 e. The largest absolute Gasteiger partial charge is 0.444 e. The molecule has 3 unspecified atom stereocenters. The minimum atomic E-state index is -0.815. The Kier molecular flexibility index (Phi) is 12.4. The second-order valence-corrected chi connectivity index (χ2v) is 11.2. The van der Waals surface area contributed by atoms with E-state index in [4.69, 9.17) is 4.74 Å². The topological polar surface area (TPSA) is 87.7 Å². The Bertz CT molecular complexity index is 876. The number of hydrogen-bond donors (Lipinski definition) is 2. The number of benzene rings is 1. The molecular weight excluding hydrogens is 454 g/mol. The molecule has 0 saturated carbocycles. The molecule has 1 aromatic carbocycles. The van der Waals surface area contributed by atoms with Crippen LogP contribution in [0.25, 0.3) is 0 Å². The Morgan fingerprint density at radius 3 is 2.22 bits per heavy atom. The third-order valence-electron chi connectivity index (χ3n) is 6.10. The van der Waals surface area contributed by atoms with E-state index in [1.807, 2.05) is 59.7 Å². The number of nitrogens with zero attached hydrogens (tertiary/aromatic N) is 1. The Hall–Kier alpha value is -2.57. The number of unbranched alkanes of at least 4 members (excludes halogenated alkanes) is 1. The van der Waals surface area contributed by atoms with Gasteiger partial charge in [-0.3, -0.25) is 9.59 Å². The van der Waals surface area contributed by atoms with Crippen molar-refractivity contribution in [2.75, 3.05) is 6.54 Å². The molecule has 204 valence electrons. The van der Waals surface area contributed by atoms with Gasteiger partial charge in [0.1, 0.15) is 17.7 Å². The van der Waals surface area contributed by atoms with E-state index in [0.717, 1.165) is 29.5 Å². The molecule has 2 N–H and O–H groups in total. The second-order valence-electron chi connectivity index (χ2n) is 11.2. The summed E-state index contributed by atoms with van der Waals surface area (Å²) in [6, 6.07) is 4.13. The van der Waals surface area contributed by atoms with Crippen LogP contribution in [-0.4, -0.2) is 47.0 Å². The number of carbonyl (C=O) groups is 3. The monoisotopic (exact) mass is 503 g/mol. The maximum absolute atomic E-state index is 14.2. The van der Waals surface area contributed by atoms with Crippen molar-refractivity contribution in [3.8, 4) is 0 Å². The fourth-order valence-electron chi connectivity index (χ4n) is 4.08. The maximum atomic E-state index is 14.2. The van der Waals surface area contributed by atoms with Crippen LogP contribution in [0.15, 0.2) is 18.2 Å². The van der Waals surface area contributed by atoms with E-state index in [-0.39, 0.29) is 23.8 Å². The summed E-state index contributed by atoms with van der Waals surface area (Å²) in [7, 11) is 0. The average Bonchev–Trinajstić information content (AvgIpc) is 2.76.